The maximum Gasteiger partial charge on any atom is 0.437 e. The number of aromatic nitrogens is 8. The monoisotopic (exact) mass is 1170 g/mol. The minimum Gasteiger partial charge on any atom is -0.355 e. The SMILES string of the molecule is CC(=O)NCCN1CCCC(C2CN(c3cnc4c(C(F)(F)F)nn(C(C)c5ccc(Cl)cc5Cl)c4n3)C2)C1.CC(=O)NCCN1CCC[C@H](C2CN(c3cnc4c(C(F)(F)F)nn([C@H](C)c5ccc(Cl)cc5Cl)c4n3)C2)C1. The highest BCUT2D eigenvalue weighted by Crippen LogP contribution is 2.41. The topological polar surface area (TPSA) is 158 Å². The predicted octanol–water partition coefficient (Wildman–Crippen LogP) is 10.1. The molecular weight excluding hydrogens is 1110 g/mol. The van der Waals surface area contributed by atoms with Crippen LogP contribution in [0.1, 0.15) is 88.0 Å². The van der Waals surface area contributed by atoms with Crippen LogP contribution < -0.4 is 20.4 Å². The molecule has 4 fully saturated rings. The summed E-state index contributed by atoms with van der Waals surface area (Å²) in [5.74, 6) is 3.00. The molecule has 2 aromatic carbocycles. The van der Waals surface area contributed by atoms with E-state index < -0.39 is 35.8 Å². The molecule has 26 heteroatoms. The average molecular weight is 1170 g/mol. The lowest BCUT2D eigenvalue weighted by atomic mass is 9.80. The van der Waals surface area contributed by atoms with E-state index in [1.807, 2.05) is 0 Å². The van der Waals surface area contributed by atoms with E-state index in [0.717, 1.165) is 91.1 Å². The van der Waals surface area contributed by atoms with Crippen LogP contribution in [-0.4, -0.2) is 140 Å². The maximum absolute atomic E-state index is 13.8. The smallest absolute Gasteiger partial charge is 0.355 e. The Hall–Kier alpha value is -5.26. The zero-order valence-electron chi connectivity index (χ0n) is 43.4. The number of fused-ring (bicyclic) bond motifs is 2. The molecule has 16 nitrogen and oxygen atoms in total. The van der Waals surface area contributed by atoms with E-state index in [0.29, 0.717) is 79.6 Å². The molecule has 0 radical (unpaired) electrons. The Balaban J connectivity index is 0.000000190. The average Bonchev–Trinajstić information content (AvgIpc) is 4.16. The van der Waals surface area contributed by atoms with Gasteiger partial charge in [0.2, 0.25) is 11.8 Å². The molecule has 78 heavy (non-hydrogen) atoms. The molecule has 6 aromatic rings. The van der Waals surface area contributed by atoms with Gasteiger partial charge in [-0.1, -0.05) is 58.5 Å². The van der Waals surface area contributed by atoms with Crippen molar-refractivity contribution in [2.75, 3.05) is 88.3 Å². The van der Waals surface area contributed by atoms with Gasteiger partial charge in [-0.15, -0.1) is 0 Å². The lowest BCUT2D eigenvalue weighted by Crippen LogP contribution is -2.54. The van der Waals surface area contributed by atoms with Gasteiger partial charge in [0, 0.05) is 99.4 Å². The number of piperidine rings is 2. The summed E-state index contributed by atoms with van der Waals surface area (Å²) in [7, 11) is 0. The highest BCUT2D eigenvalue weighted by molar-refractivity contribution is 6.35. The Bertz CT molecular complexity index is 2920. The summed E-state index contributed by atoms with van der Waals surface area (Å²) in [5.41, 5.74) is -1.45. The summed E-state index contributed by atoms with van der Waals surface area (Å²) >= 11 is 24.8. The van der Waals surface area contributed by atoms with E-state index in [2.05, 4.69) is 60.4 Å². The lowest BCUT2D eigenvalue weighted by molar-refractivity contribution is -0.141. The molecule has 2 unspecified atom stereocenters. The van der Waals surface area contributed by atoms with Crippen molar-refractivity contribution in [1.29, 1.82) is 0 Å². The number of nitrogens with one attached hydrogen (secondary N) is 2. The van der Waals surface area contributed by atoms with Crippen molar-refractivity contribution in [3.05, 3.63) is 91.4 Å². The minimum atomic E-state index is -4.68. The fraction of sp³-hybridized carbons (Fsp3) is 0.538. The maximum atomic E-state index is 13.8. The van der Waals surface area contributed by atoms with Gasteiger partial charge in [-0.2, -0.15) is 36.5 Å². The number of hydrogen-bond donors (Lipinski definition) is 2. The number of carbonyl (C=O) groups excluding carboxylic acids is 2. The van der Waals surface area contributed by atoms with Crippen LogP contribution in [0.2, 0.25) is 20.1 Å². The van der Waals surface area contributed by atoms with Crippen LogP contribution in [0.15, 0.2) is 48.8 Å². The summed E-state index contributed by atoms with van der Waals surface area (Å²) in [6.45, 7) is 16.5. The van der Waals surface area contributed by atoms with Gasteiger partial charge < -0.3 is 30.2 Å². The second kappa shape index (κ2) is 23.8. The largest absolute Gasteiger partial charge is 0.437 e. The molecule has 420 valence electrons. The Morgan fingerprint density at radius 3 is 1.33 bits per heavy atom. The second-order valence-electron chi connectivity index (χ2n) is 20.8. The van der Waals surface area contributed by atoms with E-state index >= 15 is 0 Å². The molecule has 0 spiro atoms. The van der Waals surface area contributed by atoms with Crippen LogP contribution in [0.25, 0.3) is 22.3 Å². The standard InChI is InChI=1S/2C26H30Cl2F3N7O/c2*1-15(20-6-5-19(27)10-21(20)28)38-25-23(24(35-38)26(29,30)31)33-11-22(34-25)37-13-18(14-37)17-4-3-8-36(12-17)9-7-32-16(2)39/h2*5-6,10-11,15,17-18H,3-4,7-9,12-14H2,1-2H3,(H,32,39)/t15-,17+;/m1./s1. The van der Waals surface area contributed by atoms with E-state index in [9.17, 15) is 35.9 Å². The number of rotatable bonds is 14. The molecule has 4 aliphatic heterocycles. The van der Waals surface area contributed by atoms with Crippen molar-refractivity contribution in [3.8, 4) is 0 Å². The predicted molar refractivity (Wildman–Crippen MR) is 288 cm³/mol. The van der Waals surface area contributed by atoms with Gasteiger partial charge in [0.25, 0.3) is 0 Å². The third-order valence-electron chi connectivity index (χ3n) is 15.4. The van der Waals surface area contributed by atoms with Gasteiger partial charge in [0.1, 0.15) is 22.7 Å². The summed E-state index contributed by atoms with van der Waals surface area (Å²) in [4.78, 5) is 48.8. The lowest BCUT2D eigenvalue weighted by Gasteiger charge is -2.47. The number of nitrogens with zero attached hydrogens (tertiary/aromatic N) is 12. The van der Waals surface area contributed by atoms with Crippen LogP contribution in [0.5, 0.6) is 0 Å². The number of alkyl halides is 6. The number of anilines is 2. The van der Waals surface area contributed by atoms with E-state index in [1.165, 1.54) is 35.6 Å². The number of likely N-dealkylation sites (tertiary alicyclic amines) is 2. The van der Waals surface area contributed by atoms with Gasteiger partial charge in [-0.05, 0) is 112 Å². The third-order valence-corrected chi connectivity index (χ3v) is 16.5. The first-order valence-corrected chi connectivity index (χ1v) is 27.5. The Morgan fingerprint density at radius 1 is 0.603 bits per heavy atom. The summed E-state index contributed by atoms with van der Waals surface area (Å²) in [6, 6.07) is 8.47. The summed E-state index contributed by atoms with van der Waals surface area (Å²) in [5, 5.41) is 15.0. The first-order valence-electron chi connectivity index (χ1n) is 26.0. The van der Waals surface area contributed by atoms with E-state index in [4.69, 9.17) is 46.4 Å². The zero-order chi connectivity index (χ0) is 55.8. The number of benzene rings is 2. The van der Waals surface area contributed by atoms with Gasteiger partial charge in [0.15, 0.2) is 22.7 Å². The first-order chi connectivity index (χ1) is 37.0. The fourth-order valence-electron chi connectivity index (χ4n) is 11.1. The van der Waals surface area contributed by atoms with Crippen LogP contribution in [0.4, 0.5) is 38.0 Å². The molecule has 4 saturated heterocycles. The van der Waals surface area contributed by atoms with Crippen molar-refractivity contribution >= 4 is 92.2 Å². The van der Waals surface area contributed by atoms with Crippen molar-refractivity contribution in [2.24, 2.45) is 23.7 Å². The molecule has 4 atom stereocenters. The fourth-order valence-corrected chi connectivity index (χ4v) is 12.2. The molecule has 4 aliphatic rings. The molecule has 4 aromatic heterocycles. The number of amides is 2. The molecule has 8 heterocycles. The van der Waals surface area contributed by atoms with Crippen LogP contribution >= 0.6 is 46.4 Å². The molecule has 0 saturated carbocycles. The van der Waals surface area contributed by atoms with Crippen molar-refractivity contribution < 1.29 is 35.9 Å². The molecule has 2 N–H and O–H groups in total. The van der Waals surface area contributed by atoms with Crippen molar-refractivity contribution in [2.45, 2.75) is 77.8 Å². The minimum absolute atomic E-state index is 0.0226. The molecular formula is C52H60Cl4F6N14O2. The Morgan fingerprint density at radius 2 is 0.987 bits per heavy atom. The molecule has 0 bridgehead atoms. The summed E-state index contributed by atoms with van der Waals surface area (Å²) in [6.07, 6.45) is -2.06. The Kier molecular flexibility index (Phi) is 17.5. The van der Waals surface area contributed by atoms with Crippen LogP contribution in [-0.2, 0) is 21.9 Å². The normalized spacial score (nSPS) is 19.8. The van der Waals surface area contributed by atoms with Crippen molar-refractivity contribution in [3.63, 3.8) is 0 Å². The van der Waals surface area contributed by atoms with E-state index in [-0.39, 0.29) is 34.1 Å². The molecule has 0 aliphatic carbocycles. The van der Waals surface area contributed by atoms with Gasteiger partial charge >= 0.3 is 12.4 Å². The zero-order valence-corrected chi connectivity index (χ0v) is 46.4. The Labute approximate surface area is 467 Å². The van der Waals surface area contributed by atoms with E-state index in [1.54, 1.807) is 50.2 Å². The first kappa shape index (κ1) is 57.4. The number of hydrogen-bond acceptors (Lipinski definition) is 12. The van der Waals surface area contributed by atoms with Crippen molar-refractivity contribution in [1.82, 2.24) is 59.9 Å². The van der Waals surface area contributed by atoms with Gasteiger partial charge in [0.05, 0.1) is 24.5 Å². The second-order valence-corrected chi connectivity index (χ2v) is 22.5. The van der Waals surface area contributed by atoms with Crippen LogP contribution in [0, 0.1) is 23.7 Å². The van der Waals surface area contributed by atoms with Crippen LogP contribution in [0.3, 0.4) is 0 Å². The number of carbonyl (C=O) groups is 2. The highest BCUT2D eigenvalue weighted by atomic mass is 35.5. The summed E-state index contributed by atoms with van der Waals surface area (Å²) < 4.78 is 85.6. The van der Waals surface area contributed by atoms with Gasteiger partial charge in [-0.3, -0.25) is 9.59 Å². The quantitative estimate of drug-likeness (QED) is 0.0997. The third kappa shape index (κ3) is 13.0. The molecule has 10 rings (SSSR count). The molecule has 2 amide bonds. The number of halogens is 10. The van der Waals surface area contributed by atoms with Gasteiger partial charge in [-0.25, -0.2) is 29.3 Å². The highest BCUT2D eigenvalue weighted by Gasteiger charge is 2.43.